The van der Waals surface area contributed by atoms with Crippen LogP contribution in [0.15, 0.2) is 0 Å². The number of hydrogen-bond donors (Lipinski definition) is 1. The van der Waals surface area contributed by atoms with Gasteiger partial charge in [-0.05, 0) is 49.4 Å². The number of nitrogens with zero attached hydrogens (tertiary/aromatic N) is 1. The highest BCUT2D eigenvalue weighted by Crippen LogP contribution is 2.50. The first-order valence-corrected chi connectivity index (χ1v) is 8.08. The maximum Gasteiger partial charge on any atom is 0.246 e. The summed E-state index contributed by atoms with van der Waals surface area (Å²) in [5, 5.41) is 2.98. The van der Waals surface area contributed by atoms with Gasteiger partial charge in [0.05, 0.1) is 0 Å². The largest absolute Gasteiger partial charge is 0.342 e. The van der Waals surface area contributed by atoms with Gasteiger partial charge in [-0.25, -0.2) is 0 Å². The zero-order valence-corrected chi connectivity index (χ0v) is 12.8. The van der Waals surface area contributed by atoms with Gasteiger partial charge in [-0.15, -0.1) is 0 Å². The van der Waals surface area contributed by atoms with Crippen LogP contribution in [0.25, 0.3) is 0 Å². The molecule has 2 saturated carbocycles. The number of hydrogen-bond acceptors (Lipinski definition) is 2. The molecule has 3 aliphatic rings. The molecule has 0 spiro atoms. The lowest BCUT2D eigenvalue weighted by Crippen LogP contribution is -2.66. The van der Waals surface area contributed by atoms with Crippen molar-refractivity contribution in [1.29, 1.82) is 0 Å². The Bertz CT molecular complexity index is 424. The minimum atomic E-state index is -0.276. The third kappa shape index (κ3) is 2.33. The maximum atomic E-state index is 12.8. The molecule has 4 nitrogen and oxygen atoms in total. The summed E-state index contributed by atoms with van der Waals surface area (Å²) < 4.78 is 0. The van der Waals surface area contributed by atoms with Crippen LogP contribution in [0.3, 0.4) is 0 Å². The van der Waals surface area contributed by atoms with Crippen molar-refractivity contribution >= 4 is 11.8 Å². The lowest BCUT2D eigenvalue weighted by Gasteiger charge is -2.42. The van der Waals surface area contributed by atoms with E-state index in [0.29, 0.717) is 11.3 Å². The first-order valence-electron chi connectivity index (χ1n) is 8.08. The van der Waals surface area contributed by atoms with Crippen molar-refractivity contribution in [2.45, 2.75) is 65.0 Å². The first-order chi connectivity index (χ1) is 9.47. The summed E-state index contributed by atoms with van der Waals surface area (Å²) in [4.78, 5) is 27.1. The van der Waals surface area contributed by atoms with E-state index in [1.807, 2.05) is 18.7 Å². The maximum absolute atomic E-state index is 12.8. The highest BCUT2D eigenvalue weighted by Gasteiger charge is 2.51. The summed E-state index contributed by atoms with van der Waals surface area (Å²) in [6.07, 6.45) is 5.67. The Labute approximate surface area is 121 Å². The Morgan fingerprint density at radius 3 is 2.40 bits per heavy atom. The summed E-state index contributed by atoms with van der Waals surface area (Å²) in [5.41, 5.74) is 0.300. The second kappa shape index (κ2) is 4.74. The molecule has 1 aliphatic heterocycles. The monoisotopic (exact) mass is 278 g/mol. The fourth-order valence-electron chi connectivity index (χ4n) is 3.51. The van der Waals surface area contributed by atoms with Crippen LogP contribution in [0.1, 0.15) is 52.9 Å². The number of carbonyl (C=O) groups is 2. The van der Waals surface area contributed by atoms with E-state index in [1.54, 1.807) is 0 Å². The summed E-state index contributed by atoms with van der Waals surface area (Å²) in [7, 11) is 0. The van der Waals surface area contributed by atoms with E-state index in [-0.39, 0.29) is 29.8 Å². The van der Waals surface area contributed by atoms with Crippen molar-refractivity contribution in [1.82, 2.24) is 10.2 Å². The van der Waals surface area contributed by atoms with E-state index in [2.05, 4.69) is 12.2 Å². The second-order valence-electron chi connectivity index (χ2n) is 7.33. The summed E-state index contributed by atoms with van der Waals surface area (Å²) in [5.74, 6) is 0.791. The lowest BCUT2D eigenvalue weighted by molar-refractivity contribution is -0.152. The van der Waals surface area contributed by atoms with Crippen LogP contribution < -0.4 is 5.32 Å². The van der Waals surface area contributed by atoms with Gasteiger partial charge in [0.25, 0.3) is 0 Å². The summed E-state index contributed by atoms with van der Waals surface area (Å²) in [6.45, 7) is 7.05. The van der Waals surface area contributed by atoms with Gasteiger partial charge in [-0.2, -0.15) is 0 Å². The van der Waals surface area contributed by atoms with Crippen molar-refractivity contribution in [2.75, 3.05) is 6.54 Å². The van der Waals surface area contributed by atoms with Crippen molar-refractivity contribution in [3.8, 4) is 0 Å². The SMILES string of the molecule is CCC1(CN2C(=O)C(C3CC3)NC(=O)C2C(C)C)CC1. The molecule has 0 radical (unpaired) electrons. The highest BCUT2D eigenvalue weighted by molar-refractivity contribution is 5.97. The first kappa shape index (κ1) is 13.9. The van der Waals surface area contributed by atoms with E-state index in [4.69, 9.17) is 0 Å². The smallest absolute Gasteiger partial charge is 0.246 e. The predicted octanol–water partition coefficient (Wildman–Crippen LogP) is 1.94. The molecule has 20 heavy (non-hydrogen) atoms. The second-order valence-corrected chi connectivity index (χ2v) is 7.33. The molecule has 1 heterocycles. The van der Waals surface area contributed by atoms with Gasteiger partial charge in [-0.3, -0.25) is 9.59 Å². The van der Waals surface area contributed by atoms with Crippen LogP contribution >= 0.6 is 0 Å². The molecule has 0 aromatic rings. The Morgan fingerprint density at radius 2 is 1.95 bits per heavy atom. The third-order valence-corrected chi connectivity index (χ3v) is 5.39. The molecule has 3 fully saturated rings. The van der Waals surface area contributed by atoms with Crippen molar-refractivity contribution in [3.05, 3.63) is 0 Å². The van der Waals surface area contributed by atoms with Crippen molar-refractivity contribution in [3.63, 3.8) is 0 Å². The molecule has 1 N–H and O–H groups in total. The van der Waals surface area contributed by atoms with Gasteiger partial charge in [0.2, 0.25) is 11.8 Å². The van der Waals surface area contributed by atoms with E-state index in [1.165, 1.54) is 12.8 Å². The lowest BCUT2D eigenvalue weighted by atomic mass is 9.92. The normalized spacial score (nSPS) is 32.5. The van der Waals surface area contributed by atoms with Crippen LogP contribution in [0, 0.1) is 17.3 Å². The average Bonchev–Trinajstić information content (AvgIpc) is 3.26. The molecule has 2 atom stereocenters. The van der Waals surface area contributed by atoms with Gasteiger partial charge in [0.1, 0.15) is 12.1 Å². The molecule has 0 bridgehead atoms. The molecule has 112 valence electrons. The molecule has 2 unspecified atom stereocenters. The van der Waals surface area contributed by atoms with E-state index in [0.717, 1.165) is 25.8 Å². The Morgan fingerprint density at radius 1 is 1.30 bits per heavy atom. The molecule has 0 aromatic carbocycles. The molecule has 0 aromatic heterocycles. The molecular formula is C16H26N2O2. The molecule has 2 aliphatic carbocycles. The number of nitrogens with one attached hydrogen (secondary N) is 1. The topological polar surface area (TPSA) is 49.4 Å². The van der Waals surface area contributed by atoms with Gasteiger partial charge in [0, 0.05) is 6.54 Å². The number of piperazine rings is 1. The zero-order chi connectivity index (χ0) is 14.5. The minimum absolute atomic E-state index is 0.0587. The van der Waals surface area contributed by atoms with Gasteiger partial charge >= 0.3 is 0 Å². The van der Waals surface area contributed by atoms with Gasteiger partial charge < -0.3 is 10.2 Å². The molecule has 3 rings (SSSR count). The van der Waals surface area contributed by atoms with Crippen LogP contribution in [-0.4, -0.2) is 35.3 Å². The standard InChI is InChI=1S/C16H26N2O2/c1-4-16(7-8-16)9-18-13(10(2)3)14(19)17-12(15(18)20)11-5-6-11/h10-13H,4-9H2,1-3H3,(H,17,19). The molecular weight excluding hydrogens is 252 g/mol. The van der Waals surface area contributed by atoms with Crippen LogP contribution in [-0.2, 0) is 9.59 Å². The quantitative estimate of drug-likeness (QED) is 0.835. The van der Waals surface area contributed by atoms with E-state index < -0.39 is 0 Å². The van der Waals surface area contributed by atoms with Crippen LogP contribution in [0.2, 0.25) is 0 Å². The Hall–Kier alpha value is -1.06. The fourth-order valence-corrected chi connectivity index (χ4v) is 3.51. The van der Waals surface area contributed by atoms with Crippen LogP contribution in [0.5, 0.6) is 0 Å². The van der Waals surface area contributed by atoms with Crippen LogP contribution in [0.4, 0.5) is 0 Å². The zero-order valence-electron chi connectivity index (χ0n) is 12.8. The van der Waals surface area contributed by atoms with Gasteiger partial charge in [0.15, 0.2) is 0 Å². The fraction of sp³-hybridized carbons (Fsp3) is 0.875. The minimum Gasteiger partial charge on any atom is -0.342 e. The Kier molecular flexibility index (Phi) is 3.30. The van der Waals surface area contributed by atoms with E-state index in [9.17, 15) is 9.59 Å². The number of carbonyl (C=O) groups excluding carboxylic acids is 2. The molecule has 2 amide bonds. The predicted molar refractivity (Wildman–Crippen MR) is 77.0 cm³/mol. The third-order valence-electron chi connectivity index (χ3n) is 5.39. The highest BCUT2D eigenvalue weighted by atomic mass is 16.2. The molecule has 4 heteroatoms. The average molecular weight is 278 g/mol. The number of amides is 2. The Balaban J connectivity index is 1.82. The molecule has 1 saturated heterocycles. The summed E-state index contributed by atoms with van der Waals surface area (Å²) >= 11 is 0. The number of rotatable bonds is 5. The van der Waals surface area contributed by atoms with Crippen molar-refractivity contribution < 1.29 is 9.59 Å². The van der Waals surface area contributed by atoms with Gasteiger partial charge in [-0.1, -0.05) is 20.8 Å². The van der Waals surface area contributed by atoms with E-state index >= 15 is 0 Å². The van der Waals surface area contributed by atoms with Crippen molar-refractivity contribution in [2.24, 2.45) is 17.3 Å². The summed E-state index contributed by atoms with van der Waals surface area (Å²) in [6, 6.07) is -0.522.